The van der Waals surface area contributed by atoms with Crippen LogP contribution in [0, 0.1) is 0 Å². The van der Waals surface area contributed by atoms with Crippen LogP contribution in [0.3, 0.4) is 0 Å². The van der Waals surface area contributed by atoms with Crippen molar-refractivity contribution in [2.75, 3.05) is 13.1 Å². The molecule has 1 fully saturated rings. The molecule has 0 atom stereocenters. The highest BCUT2D eigenvalue weighted by Gasteiger charge is 2.41. The van der Waals surface area contributed by atoms with Crippen molar-refractivity contribution in [2.45, 2.75) is 31.6 Å². The molecule has 2 rings (SSSR count). The summed E-state index contributed by atoms with van der Waals surface area (Å²) in [6.45, 7) is -0.373. The van der Waals surface area contributed by atoms with E-state index in [1.54, 1.807) is 4.57 Å². The highest BCUT2D eigenvalue weighted by atomic mass is 19.4. The number of hydrogen-bond donors (Lipinski definition) is 1. The maximum absolute atomic E-state index is 12.5. The molecule has 0 aromatic carbocycles. The average molecular weight is 276 g/mol. The largest absolute Gasteiger partial charge is 0.406 e. The third kappa shape index (κ3) is 3.69. The summed E-state index contributed by atoms with van der Waals surface area (Å²) >= 11 is 0. The van der Waals surface area contributed by atoms with Crippen LogP contribution in [-0.4, -0.2) is 45.7 Å². The molecule has 106 valence electrons. The van der Waals surface area contributed by atoms with E-state index in [0.717, 1.165) is 4.90 Å². The van der Waals surface area contributed by atoms with E-state index in [4.69, 9.17) is 5.73 Å². The third-order valence-corrected chi connectivity index (χ3v) is 2.84. The molecule has 5 nitrogen and oxygen atoms in total. The molecule has 0 bridgehead atoms. The predicted molar refractivity (Wildman–Crippen MR) is 61.4 cm³/mol. The maximum Gasteiger partial charge on any atom is 0.406 e. The molecule has 1 aromatic heterocycles. The van der Waals surface area contributed by atoms with E-state index in [0.29, 0.717) is 25.9 Å². The van der Waals surface area contributed by atoms with Crippen molar-refractivity contribution < 1.29 is 18.0 Å². The second-order valence-corrected chi connectivity index (χ2v) is 4.56. The number of hydrogen-bond acceptors (Lipinski definition) is 3. The summed E-state index contributed by atoms with van der Waals surface area (Å²) in [5.41, 5.74) is 5.39. The van der Waals surface area contributed by atoms with Crippen LogP contribution in [0.4, 0.5) is 13.2 Å². The summed E-state index contributed by atoms with van der Waals surface area (Å²) in [5.74, 6) is -0.671. The number of carbonyl (C=O) groups excluding carboxylic acids is 1. The first-order valence-electron chi connectivity index (χ1n) is 6.00. The number of nitrogens with zero attached hydrogens (tertiary/aromatic N) is 3. The van der Waals surface area contributed by atoms with Crippen LogP contribution in [0.25, 0.3) is 0 Å². The van der Waals surface area contributed by atoms with Gasteiger partial charge in [0.1, 0.15) is 12.2 Å². The summed E-state index contributed by atoms with van der Waals surface area (Å²) in [6.07, 6.45) is -0.325. The van der Waals surface area contributed by atoms with Gasteiger partial charge in [-0.3, -0.25) is 4.79 Å². The monoisotopic (exact) mass is 276 g/mol. The van der Waals surface area contributed by atoms with E-state index in [9.17, 15) is 18.0 Å². The molecule has 1 aromatic rings. The summed E-state index contributed by atoms with van der Waals surface area (Å²) in [6, 6.07) is -0.311. The maximum atomic E-state index is 12.5. The fourth-order valence-corrected chi connectivity index (χ4v) is 1.84. The fraction of sp³-hybridized carbons (Fsp3) is 0.636. The molecule has 0 unspecified atom stereocenters. The molecule has 1 heterocycles. The summed E-state index contributed by atoms with van der Waals surface area (Å²) < 4.78 is 39.0. The second-order valence-electron chi connectivity index (χ2n) is 4.56. The summed E-state index contributed by atoms with van der Waals surface area (Å²) in [4.78, 5) is 16.7. The molecule has 1 amide bonds. The Bertz CT molecular complexity index is 453. The minimum Gasteiger partial charge on any atom is -0.335 e. The number of amides is 1. The van der Waals surface area contributed by atoms with Gasteiger partial charge in [-0.1, -0.05) is 0 Å². The van der Waals surface area contributed by atoms with Crippen molar-refractivity contribution in [3.8, 4) is 0 Å². The molecule has 1 aliphatic rings. The summed E-state index contributed by atoms with van der Waals surface area (Å²) in [5, 5.41) is 0. The van der Waals surface area contributed by atoms with Gasteiger partial charge in [-0.25, -0.2) is 4.98 Å². The Kier molecular flexibility index (Phi) is 3.79. The second kappa shape index (κ2) is 5.20. The van der Waals surface area contributed by atoms with Gasteiger partial charge in [0.2, 0.25) is 0 Å². The SMILES string of the molecule is NCCn1cnc(C(=O)N(CC(F)(F)F)C2CC2)c1. The van der Waals surface area contributed by atoms with Crippen LogP contribution >= 0.6 is 0 Å². The van der Waals surface area contributed by atoms with Crippen LogP contribution in [0.1, 0.15) is 23.3 Å². The Hall–Kier alpha value is -1.57. The number of aromatic nitrogens is 2. The Morgan fingerprint density at radius 2 is 2.21 bits per heavy atom. The average Bonchev–Trinajstić information content (AvgIpc) is 3.05. The van der Waals surface area contributed by atoms with Crippen LogP contribution in [-0.2, 0) is 6.54 Å². The highest BCUT2D eigenvalue weighted by molar-refractivity contribution is 5.92. The smallest absolute Gasteiger partial charge is 0.335 e. The number of nitrogens with two attached hydrogens (primary N) is 1. The molecular formula is C11H15F3N4O. The lowest BCUT2D eigenvalue weighted by atomic mass is 10.3. The molecule has 2 N–H and O–H groups in total. The van der Waals surface area contributed by atoms with Gasteiger partial charge in [0.25, 0.3) is 5.91 Å². The molecular weight excluding hydrogens is 261 g/mol. The molecule has 19 heavy (non-hydrogen) atoms. The zero-order valence-corrected chi connectivity index (χ0v) is 10.2. The van der Waals surface area contributed by atoms with E-state index in [1.165, 1.54) is 12.5 Å². The zero-order chi connectivity index (χ0) is 14.0. The Labute approximate surface area is 108 Å². The Morgan fingerprint density at radius 3 is 2.74 bits per heavy atom. The minimum absolute atomic E-state index is 0.0320. The van der Waals surface area contributed by atoms with Crippen LogP contribution in [0.5, 0.6) is 0 Å². The predicted octanol–water partition coefficient (Wildman–Crippen LogP) is 1.01. The van der Waals surface area contributed by atoms with Crippen molar-refractivity contribution in [3.05, 3.63) is 18.2 Å². The number of halogens is 3. The standard InChI is InChI=1S/C11H15F3N4O/c12-11(13,14)6-18(8-1-2-8)10(19)9-5-17(4-3-15)7-16-9/h5,7-8H,1-4,6,15H2. The fourth-order valence-electron chi connectivity index (χ4n) is 1.84. The number of imidazole rings is 1. The molecule has 0 saturated heterocycles. The molecule has 0 spiro atoms. The van der Waals surface area contributed by atoms with E-state index in [1.807, 2.05) is 0 Å². The van der Waals surface area contributed by atoms with Gasteiger partial charge in [0.05, 0.1) is 6.33 Å². The molecule has 0 radical (unpaired) electrons. The number of carbonyl (C=O) groups is 1. The van der Waals surface area contributed by atoms with Crippen molar-refractivity contribution in [3.63, 3.8) is 0 Å². The number of rotatable bonds is 5. The van der Waals surface area contributed by atoms with E-state index in [2.05, 4.69) is 4.98 Å². The quantitative estimate of drug-likeness (QED) is 0.873. The molecule has 8 heteroatoms. The minimum atomic E-state index is -4.39. The zero-order valence-electron chi connectivity index (χ0n) is 10.2. The molecule has 0 aliphatic heterocycles. The highest BCUT2D eigenvalue weighted by Crippen LogP contribution is 2.31. The summed E-state index contributed by atoms with van der Waals surface area (Å²) in [7, 11) is 0. The first-order valence-corrected chi connectivity index (χ1v) is 6.00. The first kappa shape index (κ1) is 13.9. The van der Waals surface area contributed by atoms with Gasteiger partial charge in [-0.15, -0.1) is 0 Å². The van der Waals surface area contributed by atoms with Crippen LogP contribution in [0.15, 0.2) is 12.5 Å². The molecule has 1 saturated carbocycles. The first-order chi connectivity index (χ1) is 8.90. The van der Waals surface area contributed by atoms with Crippen LogP contribution in [0.2, 0.25) is 0 Å². The lowest BCUT2D eigenvalue weighted by Gasteiger charge is -2.22. The lowest BCUT2D eigenvalue weighted by molar-refractivity contribution is -0.141. The van der Waals surface area contributed by atoms with Gasteiger partial charge in [-0.05, 0) is 12.8 Å². The van der Waals surface area contributed by atoms with E-state index < -0.39 is 18.6 Å². The number of alkyl halides is 3. The Balaban J connectivity index is 2.09. The lowest BCUT2D eigenvalue weighted by Crippen LogP contribution is -2.40. The Morgan fingerprint density at radius 1 is 1.53 bits per heavy atom. The third-order valence-electron chi connectivity index (χ3n) is 2.84. The van der Waals surface area contributed by atoms with Gasteiger partial charge in [-0.2, -0.15) is 13.2 Å². The van der Waals surface area contributed by atoms with Crippen molar-refractivity contribution in [1.29, 1.82) is 0 Å². The van der Waals surface area contributed by atoms with Crippen LogP contribution < -0.4 is 5.73 Å². The van der Waals surface area contributed by atoms with Crippen molar-refractivity contribution in [2.24, 2.45) is 5.73 Å². The van der Waals surface area contributed by atoms with Gasteiger partial charge < -0.3 is 15.2 Å². The van der Waals surface area contributed by atoms with Crippen molar-refractivity contribution in [1.82, 2.24) is 14.5 Å². The van der Waals surface area contributed by atoms with E-state index >= 15 is 0 Å². The normalized spacial score (nSPS) is 15.6. The topological polar surface area (TPSA) is 64.2 Å². The van der Waals surface area contributed by atoms with E-state index in [-0.39, 0.29) is 11.7 Å². The molecule has 1 aliphatic carbocycles. The van der Waals surface area contributed by atoms with Gasteiger partial charge in [0.15, 0.2) is 0 Å². The van der Waals surface area contributed by atoms with Gasteiger partial charge >= 0.3 is 6.18 Å². The van der Waals surface area contributed by atoms with Crippen molar-refractivity contribution >= 4 is 5.91 Å². The van der Waals surface area contributed by atoms with Gasteiger partial charge in [0, 0.05) is 25.3 Å².